The van der Waals surface area contributed by atoms with E-state index in [2.05, 4.69) is 13.8 Å². The number of hydrogen-bond donors (Lipinski definition) is 1. The first-order valence-corrected chi connectivity index (χ1v) is 8.62. The zero-order chi connectivity index (χ0) is 17.6. The van der Waals surface area contributed by atoms with Crippen molar-refractivity contribution in [3.8, 4) is 5.75 Å². The molecule has 0 amide bonds. The van der Waals surface area contributed by atoms with Crippen LogP contribution in [0.25, 0.3) is 5.57 Å². The lowest BCUT2D eigenvalue weighted by Gasteiger charge is -2.37. The van der Waals surface area contributed by atoms with Gasteiger partial charge in [0, 0.05) is 17.4 Å². The van der Waals surface area contributed by atoms with Crippen LogP contribution in [-0.2, 0) is 16.0 Å². The Labute approximate surface area is 150 Å². The molecule has 2 aliphatic rings. The monoisotopic (exact) mass is 368 g/mol. The Hall–Kier alpha value is -1.52. The summed E-state index contributed by atoms with van der Waals surface area (Å²) in [6.07, 6.45) is 3.77. The highest BCUT2D eigenvalue weighted by Crippen LogP contribution is 2.59. The molecule has 0 saturated carbocycles. The summed E-state index contributed by atoms with van der Waals surface area (Å²) in [5.41, 5.74) is 2.60. The minimum atomic E-state index is -1.08. The lowest BCUT2D eigenvalue weighted by Crippen LogP contribution is -2.31. The van der Waals surface area contributed by atoms with Crippen LogP contribution in [0.5, 0.6) is 5.75 Å². The normalized spacial score (nSPS) is 22.2. The van der Waals surface area contributed by atoms with E-state index in [0.29, 0.717) is 17.4 Å². The number of halogens is 2. The third kappa shape index (κ3) is 2.62. The SMILES string of the molecule is CC(C)C12CCC(=O)C=C1c1c(cc(OCC(=O)O)c(Cl)c1Cl)C2. The van der Waals surface area contributed by atoms with E-state index in [4.69, 9.17) is 33.0 Å². The minimum Gasteiger partial charge on any atom is -0.480 e. The lowest BCUT2D eigenvalue weighted by atomic mass is 9.66. The van der Waals surface area contributed by atoms with Gasteiger partial charge < -0.3 is 9.84 Å². The van der Waals surface area contributed by atoms with Gasteiger partial charge in [-0.2, -0.15) is 0 Å². The number of fused-ring (bicyclic) bond motifs is 3. The molecular weight excluding hydrogens is 351 g/mol. The van der Waals surface area contributed by atoms with Gasteiger partial charge in [-0.1, -0.05) is 37.0 Å². The molecule has 128 valence electrons. The largest absolute Gasteiger partial charge is 0.480 e. The van der Waals surface area contributed by atoms with Crippen molar-refractivity contribution in [1.29, 1.82) is 0 Å². The molecule has 0 aliphatic heterocycles. The molecule has 1 N–H and O–H groups in total. The molecule has 0 spiro atoms. The third-order valence-corrected chi connectivity index (χ3v) is 6.00. The van der Waals surface area contributed by atoms with E-state index in [0.717, 1.165) is 29.5 Å². The Bertz CT molecular complexity index is 767. The second-order valence-electron chi connectivity index (χ2n) is 6.73. The van der Waals surface area contributed by atoms with E-state index < -0.39 is 12.6 Å². The summed E-state index contributed by atoms with van der Waals surface area (Å²) in [5, 5.41) is 9.31. The molecule has 0 saturated heterocycles. The summed E-state index contributed by atoms with van der Waals surface area (Å²) < 4.78 is 5.27. The van der Waals surface area contributed by atoms with E-state index >= 15 is 0 Å². The van der Waals surface area contributed by atoms with Gasteiger partial charge in [0.05, 0.1) is 5.02 Å². The van der Waals surface area contributed by atoms with E-state index in [9.17, 15) is 9.59 Å². The number of aliphatic carboxylic acids is 1. The van der Waals surface area contributed by atoms with Gasteiger partial charge in [-0.3, -0.25) is 4.79 Å². The maximum absolute atomic E-state index is 12.0. The second kappa shape index (κ2) is 6.08. The number of benzene rings is 1. The van der Waals surface area contributed by atoms with Gasteiger partial charge in [0.15, 0.2) is 12.4 Å². The van der Waals surface area contributed by atoms with E-state index in [1.807, 2.05) is 0 Å². The number of ether oxygens (including phenoxy) is 1. The fraction of sp³-hybridized carbons (Fsp3) is 0.444. The average Bonchev–Trinajstić information content (AvgIpc) is 2.84. The Kier molecular flexibility index (Phi) is 4.39. The van der Waals surface area contributed by atoms with Crippen molar-refractivity contribution >= 4 is 40.5 Å². The van der Waals surface area contributed by atoms with Crippen LogP contribution < -0.4 is 4.74 Å². The van der Waals surface area contributed by atoms with E-state index in [-0.39, 0.29) is 22.0 Å². The summed E-state index contributed by atoms with van der Waals surface area (Å²) in [7, 11) is 0. The molecule has 0 radical (unpaired) electrons. The van der Waals surface area contributed by atoms with Crippen LogP contribution in [0.3, 0.4) is 0 Å². The number of carbonyl (C=O) groups excluding carboxylic acids is 1. The van der Waals surface area contributed by atoms with Crippen molar-refractivity contribution in [3.63, 3.8) is 0 Å². The minimum absolute atomic E-state index is 0.104. The van der Waals surface area contributed by atoms with Crippen molar-refractivity contribution in [2.75, 3.05) is 6.61 Å². The Morgan fingerprint density at radius 3 is 2.71 bits per heavy atom. The van der Waals surface area contributed by atoms with Crippen LogP contribution in [0, 0.1) is 11.3 Å². The predicted octanol–water partition coefficient (Wildman–Crippen LogP) is 4.40. The topological polar surface area (TPSA) is 63.6 Å². The third-order valence-electron chi connectivity index (χ3n) is 5.15. The van der Waals surface area contributed by atoms with Crippen LogP contribution in [-0.4, -0.2) is 23.5 Å². The van der Waals surface area contributed by atoms with Crippen LogP contribution >= 0.6 is 23.2 Å². The summed E-state index contributed by atoms with van der Waals surface area (Å²) in [4.78, 5) is 22.7. The maximum Gasteiger partial charge on any atom is 0.341 e. The van der Waals surface area contributed by atoms with Gasteiger partial charge in [0.25, 0.3) is 0 Å². The summed E-state index contributed by atoms with van der Waals surface area (Å²) in [6, 6.07) is 1.76. The number of allylic oxidation sites excluding steroid dienone is 2. The van der Waals surface area contributed by atoms with Crippen molar-refractivity contribution in [2.24, 2.45) is 11.3 Å². The van der Waals surface area contributed by atoms with Crippen LogP contribution in [0.1, 0.15) is 37.8 Å². The molecule has 0 aromatic heterocycles. The van der Waals surface area contributed by atoms with E-state index in [1.54, 1.807) is 12.1 Å². The number of hydrogen-bond acceptors (Lipinski definition) is 3. The van der Waals surface area contributed by atoms with Gasteiger partial charge in [-0.15, -0.1) is 0 Å². The highest BCUT2D eigenvalue weighted by Gasteiger charge is 2.47. The highest BCUT2D eigenvalue weighted by molar-refractivity contribution is 6.44. The molecule has 24 heavy (non-hydrogen) atoms. The molecule has 1 atom stereocenters. The molecule has 3 rings (SSSR count). The number of carbonyl (C=O) groups is 2. The zero-order valence-electron chi connectivity index (χ0n) is 13.5. The zero-order valence-corrected chi connectivity index (χ0v) is 15.0. The van der Waals surface area contributed by atoms with Gasteiger partial charge in [0.2, 0.25) is 0 Å². The molecule has 1 aromatic carbocycles. The summed E-state index contributed by atoms with van der Waals surface area (Å²) in [5.74, 6) is -0.370. The number of carboxylic acid groups (broad SMARTS) is 1. The van der Waals surface area contributed by atoms with Crippen LogP contribution in [0.4, 0.5) is 0 Å². The number of carboxylic acids is 1. The first kappa shape index (κ1) is 17.3. The molecule has 0 heterocycles. The molecule has 1 unspecified atom stereocenters. The molecule has 0 fully saturated rings. The van der Waals surface area contributed by atoms with Gasteiger partial charge in [-0.05, 0) is 42.0 Å². The van der Waals surface area contributed by atoms with Gasteiger partial charge in [-0.25, -0.2) is 4.79 Å². The fourth-order valence-corrected chi connectivity index (χ4v) is 4.35. The molecule has 1 aromatic rings. The van der Waals surface area contributed by atoms with Crippen LogP contribution in [0.2, 0.25) is 10.0 Å². The second-order valence-corrected chi connectivity index (χ2v) is 7.49. The molecule has 4 nitrogen and oxygen atoms in total. The van der Waals surface area contributed by atoms with Crippen molar-refractivity contribution < 1.29 is 19.4 Å². The molecule has 2 aliphatic carbocycles. The Balaban J connectivity index is 2.13. The van der Waals surface area contributed by atoms with Gasteiger partial charge >= 0.3 is 5.97 Å². The van der Waals surface area contributed by atoms with Gasteiger partial charge in [0.1, 0.15) is 10.8 Å². The predicted molar refractivity (Wildman–Crippen MR) is 92.8 cm³/mol. The first-order valence-electron chi connectivity index (χ1n) is 7.87. The van der Waals surface area contributed by atoms with E-state index in [1.165, 1.54) is 0 Å². The Morgan fingerprint density at radius 1 is 1.38 bits per heavy atom. The Morgan fingerprint density at radius 2 is 2.08 bits per heavy atom. The molecule has 0 bridgehead atoms. The summed E-state index contributed by atoms with van der Waals surface area (Å²) >= 11 is 12.8. The summed E-state index contributed by atoms with van der Waals surface area (Å²) in [6.45, 7) is 3.81. The molecular formula is C18H18Cl2O4. The number of rotatable bonds is 4. The van der Waals surface area contributed by atoms with Crippen molar-refractivity contribution in [3.05, 3.63) is 33.3 Å². The first-order chi connectivity index (χ1) is 11.3. The van der Waals surface area contributed by atoms with Crippen LogP contribution in [0.15, 0.2) is 12.1 Å². The molecule has 6 heteroatoms. The van der Waals surface area contributed by atoms with Crippen molar-refractivity contribution in [1.82, 2.24) is 0 Å². The van der Waals surface area contributed by atoms with Crippen molar-refractivity contribution in [2.45, 2.75) is 33.1 Å². The fourth-order valence-electron chi connectivity index (χ4n) is 3.83. The standard InChI is InChI=1S/C18H18Cl2O4/c1-9(2)18-4-3-11(21)6-12(18)15-10(7-18)5-13(16(19)17(15)20)24-8-14(22)23/h5-6,9H,3-4,7-8H2,1-2H3,(H,22,23). The maximum atomic E-state index is 12.0. The average molecular weight is 369 g/mol. The highest BCUT2D eigenvalue weighted by atomic mass is 35.5. The number of ketones is 1. The lowest BCUT2D eigenvalue weighted by molar-refractivity contribution is -0.139. The quantitative estimate of drug-likeness (QED) is 0.854. The smallest absolute Gasteiger partial charge is 0.341 e.